The topological polar surface area (TPSA) is 44.4 Å². The Morgan fingerprint density at radius 2 is 1.59 bits per heavy atom. The summed E-state index contributed by atoms with van der Waals surface area (Å²) in [5.41, 5.74) is 2.64. The van der Waals surface area contributed by atoms with Crippen LogP contribution in [0.1, 0.15) is 30.4 Å². The first-order valence-electron chi connectivity index (χ1n) is 9.62. The Bertz CT molecular complexity index is 618. The van der Waals surface area contributed by atoms with E-state index >= 15 is 0 Å². The molecule has 1 saturated heterocycles. The summed E-state index contributed by atoms with van der Waals surface area (Å²) in [4.78, 5) is 14.5. The molecule has 3 rings (SSSR count). The van der Waals surface area contributed by atoms with Crippen LogP contribution < -0.4 is 10.6 Å². The van der Waals surface area contributed by atoms with Crippen molar-refractivity contribution in [3.8, 4) is 0 Å². The second kappa shape index (κ2) is 11.8. The number of amides is 1. The van der Waals surface area contributed by atoms with Crippen LogP contribution in [0.15, 0.2) is 60.7 Å². The molecule has 0 saturated carbocycles. The summed E-state index contributed by atoms with van der Waals surface area (Å²) in [5.74, 6) is 0.153. The molecule has 4 nitrogen and oxygen atoms in total. The van der Waals surface area contributed by atoms with Gasteiger partial charge in [0.15, 0.2) is 0 Å². The van der Waals surface area contributed by atoms with Gasteiger partial charge in [0, 0.05) is 26.2 Å². The second-order valence-electron chi connectivity index (χ2n) is 6.98. The molecule has 0 spiro atoms. The summed E-state index contributed by atoms with van der Waals surface area (Å²) in [7, 11) is 0. The van der Waals surface area contributed by atoms with Crippen molar-refractivity contribution in [2.75, 3.05) is 19.6 Å². The van der Waals surface area contributed by atoms with Crippen LogP contribution in [0.5, 0.6) is 0 Å². The third-order valence-corrected chi connectivity index (χ3v) is 4.83. The predicted molar refractivity (Wildman–Crippen MR) is 113 cm³/mol. The average molecular weight is 388 g/mol. The van der Waals surface area contributed by atoms with E-state index in [-0.39, 0.29) is 24.4 Å². The molecular weight excluding hydrogens is 358 g/mol. The van der Waals surface area contributed by atoms with E-state index in [9.17, 15) is 4.79 Å². The van der Waals surface area contributed by atoms with Crippen molar-refractivity contribution in [2.45, 2.75) is 38.4 Å². The largest absolute Gasteiger partial charge is 0.355 e. The van der Waals surface area contributed by atoms with Crippen LogP contribution >= 0.6 is 12.4 Å². The van der Waals surface area contributed by atoms with Gasteiger partial charge in [0.05, 0.1) is 6.04 Å². The van der Waals surface area contributed by atoms with Crippen molar-refractivity contribution >= 4 is 18.3 Å². The molecule has 1 heterocycles. The molecule has 0 radical (unpaired) electrons. The minimum atomic E-state index is 0. The fourth-order valence-corrected chi connectivity index (χ4v) is 3.44. The first-order valence-corrected chi connectivity index (χ1v) is 9.62. The summed E-state index contributed by atoms with van der Waals surface area (Å²) in [5, 5.41) is 6.33. The van der Waals surface area contributed by atoms with Gasteiger partial charge in [0.1, 0.15) is 0 Å². The fraction of sp³-hybridized carbons (Fsp3) is 0.409. The molecule has 0 aromatic heterocycles. The number of nitrogens with one attached hydrogen (secondary N) is 2. The molecule has 1 aliphatic heterocycles. The predicted octanol–water partition coefficient (Wildman–Crippen LogP) is 3.37. The summed E-state index contributed by atoms with van der Waals surface area (Å²) in [6.07, 6.45) is 3.01. The van der Waals surface area contributed by atoms with E-state index in [1.165, 1.54) is 11.1 Å². The van der Waals surface area contributed by atoms with Gasteiger partial charge in [-0.1, -0.05) is 60.7 Å². The summed E-state index contributed by atoms with van der Waals surface area (Å²) in [6, 6.07) is 21.2. The van der Waals surface area contributed by atoms with Gasteiger partial charge in [0.2, 0.25) is 5.91 Å². The summed E-state index contributed by atoms with van der Waals surface area (Å²) < 4.78 is 0. The summed E-state index contributed by atoms with van der Waals surface area (Å²) in [6.45, 7) is 4.50. The molecule has 0 aliphatic carbocycles. The van der Waals surface area contributed by atoms with Gasteiger partial charge >= 0.3 is 0 Å². The number of carbonyl (C=O) groups excluding carboxylic acids is 1. The zero-order valence-electron chi connectivity index (χ0n) is 15.8. The minimum Gasteiger partial charge on any atom is -0.355 e. The van der Waals surface area contributed by atoms with Crippen LogP contribution in [-0.2, 0) is 17.9 Å². The lowest BCUT2D eigenvalue weighted by molar-refractivity contribution is -0.122. The van der Waals surface area contributed by atoms with E-state index in [0.717, 1.165) is 52.0 Å². The molecule has 2 N–H and O–H groups in total. The van der Waals surface area contributed by atoms with E-state index < -0.39 is 0 Å². The van der Waals surface area contributed by atoms with Gasteiger partial charge in [0.25, 0.3) is 0 Å². The van der Waals surface area contributed by atoms with Crippen molar-refractivity contribution < 1.29 is 4.79 Å². The molecule has 1 aliphatic rings. The molecule has 5 heteroatoms. The molecule has 2 aromatic carbocycles. The number of halogens is 1. The highest BCUT2D eigenvalue weighted by atomic mass is 35.5. The van der Waals surface area contributed by atoms with Crippen LogP contribution in [0, 0.1) is 0 Å². The first-order chi connectivity index (χ1) is 12.8. The van der Waals surface area contributed by atoms with Crippen molar-refractivity contribution in [3.05, 3.63) is 71.8 Å². The lowest BCUT2D eigenvalue weighted by Crippen LogP contribution is -2.41. The Labute approximate surface area is 168 Å². The van der Waals surface area contributed by atoms with Gasteiger partial charge in [-0.3, -0.25) is 9.69 Å². The van der Waals surface area contributed by atoms with Crippen molar-refractivity contribution in [1.82, 2.24) is 15.5 Å². The average Bonchev–Trinajstić information content (AvgIpc) is 3.21. The highest BCUT2D eigenvalue weighted by Gasteiger charge is 2.21. The van der Waals surface area contributed by atoms with Gasteiger partial charge in [-0.2, -0.15) is 0 Å². The fourth-order valence-electron chi connectivity index (χ4n) is 3.44. The molecule has 1 atom stereocenters. The van der Waals surface area contributed by atoms with Crippen LogP contribution in [0.3, 0.4) is 0 Å². The SMILES string of the molecule is Cl.O=C(NCCCN(Cc1ccccc1)Cc1ccccc1)C1CCCN1. The number of rotatable bonds is 9. The Hall–Kier alpha value is -1.88. The summed E-state index contributed by atoms with van der Waals surface area (Å²) >= 11 is 0. The van der Waals surface area contributed by atoms with E-state index in [0.29, 0.717) is 0 Å². The van der Waals surface area contributed by atoms with Gasteiger partial charge in [-0.15, -0.1) is 12.4 Å². The monoisotopic (exact) mass is 387 g/mol. The molecule has 2 aromatic rings. The standard InChI is InChI=1S/C22H29N3O.ClH/c26-22(21-13-7-14-23-21)24-15-8-16-25(17-19-9-3-1-4-10-19)18-20-11-5-2-6-12-20;/h1-6,9-12,21,23H,7-8,13-18H2,(H,24,26);1H. The maximum Gasteiger partial charge on any atom is 0.237 e. The zero-order chi connectivity index (χ0) is 18.0. The second-order valence-corrected chi connectivity index (χ2v) is 6.98. The lowest BCUT2D eigenvalue weighted by atomic mass is 10.1. The van der Waals surface area contributed by atoms with Gasteiger partial charge in [-0.05, 0) is 36.9 Å². The van der Waals surface area contributed by atoms with Crippen LogP contribution in [0.25, 0.3) is 0 Å². The molecule has 0 bridgehead atoms. The smallest absolute Gasteiger partial charge is 0.237 e. The van der Waals surface area contributed by atoms with Crippen molar-refractivity contribution in [2.24, 2.45) is 0 Å². The third-order valence-electron chi connectivity index (χ3n) is 4.83. The van der Waals surface area contributed by atoms with Crippen LogP contribution in [0.2, 0.25) is 0 Å². The van der Waals surface area contributed by atoms with E-state index in [1.54, 1.807) is 0 Å². The lowest BCUT2D eigenvalue weighted by Gasteiger charge is -2.23. The van der Waals surface area contributed by atoms with E-state index in [1.807, 2.05) is 0 Å². The van der Waals surface area contributed by atoms with E-state index in [2.05, 4.69) is 76.2 Å². The third kappa shape index (κ3) is 7.33. The number of hydrogen-bond donors (Lipinski definition) is 2. The maximum atomic E-state index is 12.1. The van der Waals surface area contributed by atoms with Gasteiger partial charge in [-0.25, -0.2) is 0 Å². The molecule has 1 unspecified atom stereocenters. The van der Waals surface area contributed by atoms with Gasteiger partial charge < -0.3 is 10.6 Å². The van der Waals surface area contributed by atoms with E-state index in [4.69, 9.17) is 0 Å². The highest BCUT2D eigenvalue weighted by Crippen LogP contribution is 2.10. The van der Waals surface area contributed by atoms with Crippen molar-refractivity contribution in [1.29, 1.82) is 0 Å². The zero-order valence-corrected chi connectivity index (χ0v) is 16.6. The Morgan fingerprint density at radius 3 is 2.11 bits per heavy atom. The number of carbonyl (C=O) groups is 1. The van der Waals surface area contributed by atoms with Crippen molar-refractivity contribution in [3.63, 3.8) is 0 Å². The first kappa shape index (κ1) is 21.4. The Balaban J connectivity index is 0.00000261. The Kier molecular flexibility index (Phi) is 9.32. The quantitative estimate of drug-likeness (QED) is 0.648. The minimum absolute atomic E-state index is 0. The molecule has 1 amide bonds. The Morgan fingerprint density at radius 1 is 1.00 bits per heavy atom. The number of nitrogens with zero attached hydrogens (tertiary/aromatic N) is 1. The molecular formula is C22H30ClN3O. The molecule has 146 valence electrons. The molecule has 27 heavy (non-hydrogen) atoms. The number of benzene rings is 2. The van der Waals surface area contributed by atoms with Crippen LogP contribution in [-0.4, -0.2) is 36.5 Å². The highest BCUT2D eigenvalue weighted by molar-refractivity contribution is 5.85. The van der Waals surface area contributed by atoms with Crippen LogP contribution in [0.4, 0.5) is 0 Å². The normalized spacial score (nSPS) is 16.1. The number of hydrogen-bond acceptors (Lipinski definition) is 3. The molecule has 1 fully saturated rings. The maximum absolute atomic E-state index is 12.1.